The van der Waals surface area contributed by atoms with Crippen LogP contribution >= 0.6 is 0 Å². The van der Waals surface area contributed by atoms with Crippen molar-refractivity contribution in [2.75, 3.05) is 18.8 Å². The van der Waals surface area contributed by atoms with Gasteiger partial charge in [0.2, 0.25) is 0 Å². The van der Waals surface area contributed by atoms with Crippen molar-refractivity contribution in [3.8, 4) is 0 Å². The second kappa shape index (κ2) is 5.13. The van der Waals surface area contributed by atoms with E-state index in [0.717, 1.165) is 25.1 Å². The van der Waals surface area contributed by atoms with Crippen LogP contribution < -0.4 is 5.73 Å². The summed E-state index contributed by atoms with van der Waals surface area (Å²) in [5.41, 5.74) is 7.15. The number of hydrogen-bond acceptors (Lipinski definition) is 4. The monoisotopic (exact) mass is 294 g/mol. The van der Waals surface area contributed by atoms with Gasteiger partial charge in [0.25, 0.3) is 0 Å². The van der Waals surface area contributed by atoms with E-state index in [4.69, 9.17) is 5.73 Å². The molecule has 0 saturated carbocycles. The van der Waals surface area contributed by atoms with E-state index < -0.39 is 9.84 Å². The molecule has 0 bridgehead atoms. The smallest absolute Gasteiger partial charge is 0.178 e. The summed E-state index contributed by atoms with van der Waals surface area (Å²) in [6, 6.07) is 7.83. The lowest BCUT2D eigenvalue weighted by molar-refractivity contribution is 0.115. The Labute approximate surface area is 120 Å². The first kappa shape index (κ1) is 14.0. The molecule has 0 aromatic heterocycles. The van der Waals surface area contributed by atoms with Crippen LogP contribution in [0.1, 0.15) is 31.4 Å². The number of hydrogen-bond donors (Lipinski definition) is 1. The number of benzene rings is 1. The molecule has 1 saturated heterocycles. The molecule has 2 aliphatic rings. The van der Waals surface area contributed by atoms with Crippen LogP contribution in [0, 0.1) is 5.92 Å². The molecule has 110 valence electrons. The molecule has 3 rings (SSSR count). The Balaban J connectivity index is 1.93. The van der Waals surface area contributed by atoms with Crippen molar-refractivity contribution < 1.29 is 8.42 Å². The van der Waals surface area contributed by atoms with Crippen molar-refractivity contribution in [2.24, 2.45) is 11.7 Å². The van der Waals surface area contributed by atoms with Crippen molar-refractivity contribution in [1.29, 1.82) is 0 Å². The maximum absolute atomic E-state index is 12.2. The first-order valence-electron chi connectivity index (χ1n) is 7.30. The molecule has 1 aromatic rings. The first-order chi connectivity index (χ1) is 9.49. The molecular weight excluding hydrogens is 272 g/mol. The first-order valence-corrected chi connectivity index (χ1v) is 8.95. The molecule has 1 fully saturated rings. The highest BCUT2D eigenvalue weighted by Gasteiger charge is 2.35. The van der Waals surface area contributed by atoms with E-state index in [1.165, 1.54) is 0 Å². The standard InChI is InChI=1S/C15H22N2O2S/c1-11-6-8-17(10-13(11)16)14-7-9-20(18,19)15-5-3-2-4-12(14)15/h2-5,11,13-14H,6-10,16H2,1H3. The zero-order chi connectivity index (χ0) is 14.3. The molecule has 3 unspecified atom stereocenters. The molecular formula is C15H22N2O2S. The van der Waals surface area contributed by atoms with E-state index in [1.54, 1.807) is 6.07 Å². The van der Waals surface area contributed by atoms with Crippen molar-refractivity contribution in [2.45, 2.75) is 36.7 Å². The fraction of sp³-hybridized carbons (Fsp3) is 0.600. The minimum Gasteiger partial charge on any atom is -0.326 e. The van der Waals surface area contributed by atoms with Gasteiger partial charge in [-0.2, -0.15) is 0 Å². The number of fused-ring (bicyclic) bond motifs is 1. The molecule has 1 aromatic carbocycles. The Morgan fingerprint density at radius 2 is 2.00 bits per heavy atom. The average molecular weight is 294 g/mol. The highest BCUT2D eigenvalue weighted by atomic mass is 32.2. The summed E-state index contributed by atoms with van der Waals surface area (Å²) in [6.07, 6.45) is 1.77. The zero-order valence-electron chi connectivity index (χ0n) is 11.8. The van der Waals surface area contributed by atoms with Crippen LogP contribution in [0.2, 0.25) is 0 Å². The summed E-state index contributed by atoms with van der Waals surface area (Å²) in [4.78, 5) is 2.89. The zero-order valence-corrected chi connectivity index (χ0v) is 12.6. The summed E-state index contributed by atoms with van der Waals surface area (Å²) in [6.45, 7) is 4.06. The molecule has 5 heteroatoms. The summed E-state index contributed by atoms with van der Waals surface area (Å²) in [7, 11) is -3.10. The van der Waals surface area contributed by atoms with E-state index in [1.807, 2.05) is 18.2 Å². The predicted molar refractivity (Wildman–Crippen MR) is 79.2 cm³/mol. The summed E-state index contributed by atoms with van der Waals surface area (Å²) >= 11 is 0. The van der Waals surface area contributed by atoms with Crippen molar-refractivity contribution in [3.63, 3.8) is 0 Å². The maximum Gasteiger partial charge on any atom is 0.178 e. The van der Waals surface area contributed by atoms with E-state index >= 15 is 0 Å². The Bertz CT molecular complexity index is 600. The third kappa shape index (κ3) is 2.38. The van der Waals surface area contributed by atoms with Gasteiger partial charge in [0.1, 0.15) is 0 Å². The highest BCUT2D eigenvalue weighted by Crippen LogP contribution is 2.37. The number of rotatable bonds is 1. The molecule has 0 spiro atoms. The third-order valence-corrected chi connectivity index (χ3v) is 6.58. The normalized spacial score (nSPS) is 33.6. The molecule has 0 amide bonds. The quantitative estimate of drug-likeness (QED) is 0.854. The van der Waals surface area contributed by atoms with Gasteiger partial charge in [0.15, 0.2) is 9.84 Å². The second-order valence-corrected chi connectivity index (χ2v) is 8.16. The van der Waals surface area contributed by atoms with Crippen LogP contribution in [0.15, 0.2) is 29.2 Å². The van der Waals surface area contributed by atoms with Crippen LogP contribution in [0.3, 0.4) is 0 Å². The summed E-state index contributed by atoms with van der Waals surface area (Å²) in [5, 5.41) is 0. The fourth-order valence-electron chi connectivity index (χ4n) is 3.36. The van der Waals surface area contributed by atoms with Gasteiger partial charge in [0.05, 0.1) is 10.6 Å². The van der Waals surface area contributed by atoms with Crippen LogP contribution in [0.5, 0.6) is 0 Å². The van der Waals surface area contributed by atoms with E-state index in [9.17, 15) is 8.42 Å². The van der Waals surface area contributed by atoms with Crippen LogP contribution in [-0.2, 0) is 9.84 Å². The Hall–Kier alpha value is -0.910. The predicted octanol–water partition coefficient (Wildman–Crippen LogP) is 1.57. The lowest BCUT2D eigenvalue weighted by Crippen LogP contribution is -2.49. The second-order valence-electron chi connectivity index (χ2n) is 6.09. The van der Waals surface area contributed by atoms with Gasteiger partial charge in [-0.1, -0.05) is 25.1 Å². The van der Waals surface area contributed by atoms with Crippen molar-refractivity contribution in [3.05, 3.63) is 29.8 Å². The van der Waals surface area contributed by atoms with Crippen LogP contribution in [0.25, 0.3) is 0 Å². The molecule has 3 atom stereocenters. The fourth-order valence-corrected chi connectivity index (χ4v) is 4.96. The van der Waals surface area contributed by atoms with Gasteiger partial charge in [-0.3, -0.25) is 4.90 Å². The van der Waals surface area contributed by atoms with Gasteiger partial charge >= 0.3 is 0 Å². The van der Waals surface area contributed by atoms with E-state index in [0.29, 0.717) is 17.2 Å². The Kier molecular flexibility index (Phi) is 3.60. The SMILES string of the molecule is CC1CCN(C2CCS(=O)(=O)c3ccccc32)CC1N. The van der Waals surface area contributed by atoms with Gasteiger partial charge < -0.3 is 5.73 Å². The molecule has 20 heavy (non-hydrogen) atoms. The number of likely N-dealkylation sites (tertiary alicyclic amines) is 1. The average Bonchev–Trinajstić information content (AvgIpc) is 2.43. The van der Waals surface area contributed by atoms with Gasteiger partial charge in [-0.05, 0) is 36.9 Å². The maximum atomic E-state index is 12.2. The number of sulfone groups is 1. The van der Waals surface area contributed by atoms with Crippen molar-refractivity contribution >= 4 is 9.84 Å². The number of nitrogens with two attached hydrogens (primary N) is 1. The van der Waals surface area contributed by atoms with E-state index in [-0.39, 0.29) is 17.8 Å². The summed E-state index contributed by atoms with van der Waals surface area (Å²) < 4.78 is 24.3. The summed E-state index contributed by atoms with van der Waals surface area (Å²) in [5.74, 6) is 0.796. The Morgan fingerprint density at radius 3 is 2.75 bits per heavy atom. The molecule has 0 radical (unpaired) electrons. The highest BCUT2D eigenvalue weighted by molar-refractivity contribution is 7.91. The third-order valence-electron chi connectivity index (χ3n) is 4.76. The largest absolute Gasteiger partial charge is 0.326 e. The molecule has 2 N–H and O–H groups in total. The van der Waals surface area contributed by atoms with Crippen molar-refractivity contribution in [1.82, 2.24) is 4.90 Å². The van der Waals surface area contributed by atoms with Gasteiger partial charge in [-0.15, -0.1) is 0 Å². The number of piperidine rings is 1. The minimum absolute atomic E-state index is 0.189. The Morgan fingerprint density at radius 1 is 1.25 bits per heavy atom. The minimum atomic E-state index is -3.10. The number of nitrogens with zero attached hydrogens (tertiary/aromatic N) is 1. The molecule has 0 aliphatic carbocycles. The molecule has 4 nitrogen and oxygen atoms in total. The van der Waals surface area contributed by atoms with Gasteiger partial charge in [-0.25, -0.2) is 8.42 Å². The molecule has 2 heterocycles. The lowest BCUT2D eigenvalue weighted by atomic mass is 9.91. The van der Waals surface area contributed by atoms with E-state index in [2.05, 4.69) is 11.8 Å². The topological polar surface area (TPSA) is 63.4 Å². The van der Waals surface area contributed by atoms with Crippen LogP contribution in [0.4, 0.5) is 0 Å². The van der Waals surface area contributed by atoms with Crippen LogP contribution in [-0.4, -0.2) is 38.2 Å². The van der Waals surface area contributed by atoms with Gasteiger partial charge in [0, 0.05) is 18.6 Å². The molecule has 2 aliphatic heterocycles. The lowest BCUT2D eigenvalue weighted by Gasteiger charge is -2.42.